The van der Waals surface area contributed by atoms with Crippen LogP contribution in [0.15, 0.2) is 66.7 Å². The van der Waals surface area contributed by atoms with Gasteiger partial charge in [0.15, 0.2) is 0 Å². The Kier molecular flexibility index (Phi) is 8.93. The number of hydrogen-bond acceptors (Lipinski definition) is 3. The molecule has 2 amide bonds. The zero-order chi connectivity index (χ0) is 30.0. The Labute approximate surface area is 230 Å². The van der Waals surface area contributed by atoms with Gasteiger partial charge in [0, 0.05) is 35.1 Å². The topological polar surface area (TPSA) is 40.6 Å². The number of carbonyl (C=O) groups is 2. The van der Waals surface area contributed by atoms with E-state index < -0.39 is 29.5 Å². The molecule has 4 nitrogen and oxygen atoms in total. The Bertz CT molecular complexity index is 1350. The van der Waals surface area contributed by atoms with Crippen LogP contribution in [0.3, 0.4) is 0 Å². The van der Waals surface area contributed by atoms with Gasteiger partial charge in [-0.25, -0.2) is 4.39 Å². The van der Waals surface area contributed by atoms with Gasteiger partial charge in [0.25, 0.3) is 11.8 Å². The quantitative estimate of drug-likeness (QED) is 0.209. The lowest BCUT2D eigenvalue weighted by molar-refractivity contribution is -0.348. The number of anilines is 2. The normalized spacial score (nSPS) is 12.3. The van der Waals surface area contributed by atoms with Crippen molar-refractivity contribution in [1.29, 1.82) is 0 Å². The molecule has 0 aliphatic heterocycles. The van der Waals surface area contributed by atoms with E-state index in [1.807, 2.05) is 0 Å². The van der Waals surface area contributed by atoms with Crippen LogP contribution in [0.1, 0.15) is 37.4 Å². The Balaban J connectivity index is 2.00. The lowest BCUT2D eigenvalue weighted by Gasteiger charge is -2.32. The first-order chi connectivity index (χ1) is 18.5. The summed E-state index contributed by atoms with van der Waals surface area (Å²) in [4.78, 5) is 29.1. The maximum Gasteiger partial charge on any atom is 0.435 e. The van der Waals surface area contributed by atoms with E-state index in [9.17, 15) is 40.3 Å². The van der Waals surface area contributed by atoms with Crippen LogP contribution in [0, 0.1) is 13.8 Å². The summed E-state index contributed by atoms with van der Waals surface area (Å²) in [5.74, 6) is -0.681. The lowest BCUT2D eigenvalue weighted by Crippen LogP contribution is -2.50. The van der Waals surface area contributed by atoms with Crippen LogP contribution >= 0.6 is 11.8 Å². The molecule has 3 aromatic rings. The fourth-order valence-electron chi connectivity index (χ4n) is 4.39. The Morgan fingerprint density at radius 2 is 1.27 bits per heavy atom. The fraction of sp³-hybridized carbons (Fsp3) is 0.286. The molecule has 3 aromatic carbocycles. The zero-order valence-electron chi connectivity index (χ0n) is 21.8. The van der Waals surface area contributed by atoms with Gasteiger partial charge in [-0.15, -0.1) is 11.8 Å². The first kappa shape index (κ1) is 31.0. The van der Waals surface area contributed by atoms with Gasteiger partial charge in [-0.3, -0.25) is 14.5 Å². The van der Waals surface area contributed by atoms with Gasteiger partial charge in [0.2, 0.25) is 0 Å². The Morgan fingerprint density at radius 1 is 0.750 bits per heavy atom. The SMILES string of the molecule is CSCN(C(=O)c1ccccc1)c1cccc(C(=O)N(C)c2c(C)cc(C(F)(C(F)(F)F)C(F)(F)F)cc2C)c1. The summed E-state index contributed by atoms with van der Waals surface area (Å²) in [6.07, 6.45) is -10.7. The third kappa shape index (κ3) is 5.81. The number of thioether (sulfide) groups is 1. The van der Waals surface area contributed by atoms with Crippen LogP contribution < -0.4 is 9.80 Å². The van der Waals surface area contributed by atoms with E-state index in [4.69, 9.17) is 0 Å². The number of amides is 2. The van der Waals surface area contributed by atoms with E-state index in [-0.39, 0.29) is 34.2 Å². The summed E-state index contributed by atoms with van der Waals surface area (Å²) >= 11 is 1.37. The van der Waals surface area contributed by atoms with Crippen molar-refractivity contribution in [3.05, 3.63) is 94.5 Å². The predicted octanol–water partition coefficient (Wildman–Crippen LogP) is 7.84. The smallest absolute Gasteiger partial charge is 0.311 e. The zero-order valence-corrected chi connectivity index (χ0v) is 22.6. The highest BCUT2D eigenvalue weighted by Gasteiger charge is 2.73. The van der Waals surface area contributed by atoms with E-state index in [1.165, 1.54) is 49.7 Å². The van der Waals surface area contributed by atoms with Gasteiger partial charge in [-0.05, 0) is 61.6 Å². The third-order valence-corrected chi connectivity index (χ3v) is 6.76. The molecule has 0 aromatic heterocycles. The molecule has 214 valence electrons. The standard InChI is InChI=1S/C28H25F7N2O2S/c1-17-13-21(26(29,27(30,31)32)28(33,34)35)14-18(2)23(17)36(3)24(38)20-11-8-12-22(15-20)37(16-40-4)25(39)19-9-6-5-7-10-19/h5-15H,16H2,1-4H3. The molecule has 0 bridgehead atoms. The minimum atomic E-state index is -6.26. The van der Waals surface area contributed by atoms with Gasteiger partial charge in [-0.2, -0.15) is 26.3 Å². The summed E-state index contributed by atoms with van der Waals surface area (Å²) in [5, 5.41) is 0. The van der Waals surface area contributed by atoms with Crippen molar-refractivity contribution < 1.29 is 40.3 Å². The number of alkyl halides is 7. The van der Waals surface area contributed by atoms with Crippen LogP contribution in [0.25, 0.3) is 0 Å². The molecule has 3 rings (SSSR count). The number of nitrogens with zero attached hydrogens (tertiary/aromatic N) is 2. The maximum absolute atomic E-state index is 14.7. The number of benzene rings is 3. The molecule has 40 heavy (non-hydrogen) atoms. The van der Waals surface area contributed by atoms with Crippen molar-refractivity contribution in [3.8, 4) is 0 Å². The molecule has 0 aliphatic carbocycles. The second kappa shape index (κ2) is 11.5. The Hall–Kier alpha value is -3.54. The van der Waals surface area contributed by atoms with Gasteiger partial charge in [0.05, 0.1) is 5.88 Å². The minimum Gasteiger partial charge on any atom is -0.311 e. The Morgan fingerprint density at radius 3 is 1.77 bits per heavy atom. The van der Waals surface area contributed by atoms with E-state index in [1.54, 1.807) is 48.7 Å². The summed E-state index contributed by atoms with van der Waals surface area (Å²) in [6.45, 7) is 2.38. The number of aryl methyl sites for hydroxylation is 2. The predicted molar refractivity (Wildman–Crippen MR) is 142 cm³/mol. The highest BCUT2D eigenvalue weighted by molar-refractivity contribution is 7.98. The summed E-state index contributed by atoms with van der Waals surface area (Å²) in [5.41, 5.74) is -6.57. The summed E-state index contributed by atoms with van der Waals surface area (Å²) < 4.78 is 94.4. The molecular weight excluding hydrogens is 561 g/mol. The molecule has 0 radical (unpaired) electrons. The van der Waals surface area contributed by atoms with Crippen molar-refractivity contribution in [3.63, 3.8) is 0 Å². The van der Waals surface area contributed by atoms with Crippen molar-refractivity contribution in [2.24, 2.45) is 0 Å². The molecule has 0 saturated heterocycles. The maximum atomic E-state index is 14.7. The van der Waals surface area contributed by atoms with E-state index in [0.717, 1.165) is 4.90 Å². The van der Waals surface area contributed by atoms with Crippen molar-refractivity contribution in [2.75, 3.05) is 29.0 Å². The highest BCUT2D eigenvalue weighted by Crippen LogP contribution is 2.54. The van der Waals surface area contributed by atoms with Crippen LogP contribution in [-0.4, -0.2) is 43.3 Å². The minimum absolute atomic E-state index is 0.0205. The van der Waals surface area contributed by atoms with Gasteiger partial charge < -0.3 is 4.90 Å². The lowest BCUT2D eigenvalue weighted by atomic mass is 9.90. The number of halogens is 7. The van der Waals surface area contributed by atoms with Gasteiger partial charge >= 0.3 is 18.0 Å². The molecule has 0 heterocycles. The molecule has 0 spiro atoms. The van der Waals surface area contributed by atoms with E-state index in [2.05, 4.69) is 0 Å². The summed E-state index contributed by atoms with van der Waals surface area (Å²) in [7, 11) is 1.30. The average molecular weight is 587 g/mol. The third-order valence-electron chi connectivity index (χ3n) is 6.24. The monoisotopic (exact) mass is 586 g/mol. The first-order valence-corrected chi connectivity index (χ1v) is 13.1. The summed E-state index contributed by atoms with van der Waals surface area (Å²) in [6, 6.07) is 15.5. The molecule has 0 atom stereocenters. The molecule has 0 N–H and O–H groups in total. The van der Waals surface area contributed by atoms with E-state index >= 15 is 0 Å². The molecule has 12 heteroatoms. The van der Waals surface area contributed by atoms with Crippen LogP contribution in [0.2, 0.25) is 0 Å². The molecule has 0 saturated carbocycles. The largest absolute Gasteiger partial charge is 0.435 e. The second-order valence-corrected chi connectivity index (χ2v) is 9.88. The van der Waals surface area contributed by atoms with Crippen LogP contribution in [0.4, 0.5) is 42.1 Å². The molecule has 0 aliphatic rings. The number of carbonyl (C=O) groups excluding carboxylic acids is 2. The first-order valence-electron chi connectivity index (χ1n) is 11.7. The molecule has 0 unspecified atom stereocenters. The van der Waals surface area contributed by atoms with Crippen LogP contribution in [-0.2, 0) is 5.67 Å². The molecular formula is C28H25F7N2O2S. The number of hydrogen-bond donors (Lipinski definition) is 0. The van der Waals surface area contributed by atoms with Crippen molar-refractivity contribution in [1.82, 2.24) is 0 Å². The van der Waals surface area contributed by atoms with Crippen molar-refractivity contribution >= 4 is 35.0 Å². The van der Waals surface area contributed by atoms with E-state index in [0.29, 0.717) is 23.4 Å². The number of rotatable bonds is 7. The fourth-order valence-corrected chi connectivity index (χ4v) is 4.91. The average Bonchev–Trinajstić information content (AvgIpc) is 2.89. The van der Waals surface area contributed by atoms with Crippen LogP contribution in [0.5, 0.6) is 0 Å². The highest BCUT2D eigenvalue weighted by atomic mass is 32.2. The van der Waals surface area contributed by atoms with Crippen molar-refractivity contribution in [2.45, 2.75) is 31.9 Å². The van der Waals surface area contributed by atoms with Gasteiger partial charge in [-0.1, -0.05) is 36.4 Å². The van der Waals surface area contributed by atoms with Gasteiger partial charge in [0.1, 0.15) is 0 Å². The molecule has 0 fully saturated rings. The second-order valence-electron chi connectivity index (χ2n) is 9.04.